The van der Waals surface area contributed by atoms with Crippen LogP contribution in [0.15, 0.2) is 12.1 Å². The molecule has 0 aliphatic rings. The van der Waals surface area contributed by atoms with Gasteiger partial charge in [0.2, 0.25) is 4.33 Å². The molecule has 9 heteroatoms. The third-order valence-corrected chi connectivity index (χ3v) is 4.28. The van der Waals surface area contributed by atoms with Crippen molar-refractivity contribution >= 4 is 75.6 Å². The minimum atomic E-state index is -1.78. The maximum Gasteiger partial charge on any atom is 0.344 e. The predicted molar refractivity (Wildman–Crippen MR) is 83.1 cm³/mol. The van der Waals surface area contributed by atoms with Crippen LogP contribution >= 0.6 is 69.6 Å². The zero-order valence-electron chi connectivity index (χ0n) is 9.77. The summed E-state index contributed by atoms with van der Waals surface area (Å²) < 4.78 is 8.32. The Kier molecular flexibility index (Phi) is 7.33. The summed E-state index contributed by atoms with van der Waals surface area (Å²) in [5.74, 6) is -0.814. The number of alkyl halides is 3. The van der Waals surface area contributed by atoms with Crippen molar-refractivity contribution in [1.29, 1.82) is 0 Å². The van der Waals surface area contributed by atoms with E-state index in [1.54, 1.807) is 0 Å². The van der Waals surface area contributed by atoms with Crippen molar-refractivity contribution in [2.75, 3.05) is 19.1 Å². The zero-order valence-corrected chi connectivity index (χ0v) is 14.3. The topological polar surface area (TPSA) is 35.5 Å². The molecule has 0 aromatic heterocycles. The van der Waals surface area contributed by atoms with Crippen molar-refractivity contribution in [2.24, 2.45) is 0 Å². The standard InChI is InChI=1S/C11H8Cl6O3/c12-5-11(16,17)10(18)20-2-1-19-9-4-7(14)6(13)3-8(9)15/h3-4H,1-2,5H2. The van der Waals surface area contributed by atoms with Crippen LogP contribution in [-0.2, 0) is 9.53 Å². The van der Waals surface area contributed by atoms with E-state index in [1.807, 2.05) is 0 Å². The van der Waals surface area contributed by atoms with Gasteiger partial charge in [0.1, 0.15) is 19.0 Å². The van der Waals surface area contributed by atoms with Crippen LogP contribution in [0.2, 0.25) is 15.1 Å². The molecule has 0 aliphatic heterocycles. The summed E-state index contributed by atoms with van der Waals surface area (Å²) >= 11 is 34.1. The SMILES string of the molecule is O=C(OCCOc1cc(Cl)c(Cl)cc1Cl)C(Cl)(Cl)CCl. The number of carbonyl (C=O) groups is 1. The largest absolute Gasteiger partial charge is 0.488 e. The predicted octanol–water partition coefficient (Wildman–Crippen LogP) is 4.98. The van der Waals surface area contributed by atoms with Crippen LogP contribution in [0.5, 0.6) is 5.75 Å². The first-order valence-corrected chi connectivity index (χ1v) is 7.58. The monoisotopic (exact) mass is 398 g/mol. The molecular formula is C11H8Cl6O3. The molecule has 112 valence electrons. The number of ether oxygens (including phenoxy) is 2. The fourth-order valence-electron chi connectivity index (χ4n) is 1.06. The summed E-state index contributed by atoms with van der Waals surface area (Å²) in [4.78, 5) is 11.4. The summed E-state index contributed by atoms with van der Waals surface area (Å²) in [7, 11) is 0. The first kappa shape index (κ1) is 18.3. The molecule has 0 amide bonds. The maximum absolute atomic E-state index is 11.4. The van der Waals surface area contributed by atoms with Crippen LogP contribution < -0.4 is 4.74 Å². The Hall–Kier alpha value is 0.230. The van der Waals surface area contributed by atoms with Gasteiger partial charge in [-0.15, -0.1) is 11.6 Å². The highest BCUT2D eigenvalue weighted by molar-refractivity contribution is 6.60. The van der Waals surface area contributed by atoms with Crippen LogP contribution in [0.3, 0.4) is 0 Å². The molecule has 0 saturated heterocycles. The molecular weight excluding hydrogens is 393 g/mol. The number of esters is 1. The van der Waals surface area contributed by atoms with Gasteiger partial charge in [0, 0.05) is 6.07 Å². The molecule has 3 nitrogen and oxygen atoms in total. The van der Waals surface area contributed by atoms with E-state index < -0.39 is 10.3 Å². The van der Waals surface area contributed by atoms with E-state index in [0.717, 1.165) is 0 Å². The van der Waals surface area contributed by atoms with Gasteiger partial charge in [0.25, 0.3) is 0 Å². The van der Waals surface area contributed by atoms with Crippen molar-refractivity contribution in [2.45, 2.75) is 4.33 Å². The minimum Gasteiger partial charge on any atom is -0.488 e. The number of hydrogen-bond donors (Lipinski definition) is 0. The molecule has 0 saturated carbocycles. The lowest BCUT2D eigenvalue weighted by atomic mass is 10.3. The Labute approximate surface area is 145 Å². The lowest BCUT2D eigenvalue weighted by Crippen LogP contribution is -2.31. The van der Waals surface area contributed by atoms with E-state index >= 15 is 0 Å². The van der Waals surface area contributed by atoms with Gasteiger partial charge in [-0.1, -0.05) is 58.0 Å². The van der Waals surface area contributed by atoms with Crippen LogP contribution in [0.25, 0.3) is 0 Å². The zero-order chi connectivity index (χ0) is 15.3. The van der Waals surface area contributed by atoms with E-state index in [4.69, 9.17) is 79.1 Å². The van der Waals surface area contributed by atoms with Crippen molar-refractivity contribution in [3.63, 3.8) is 0 Å². The van der Waals surface area contributed by atoms with Gasteiger partial charge in [-0.05, 0) is 6.07 Å². The summed E-state index contributed by atoms with van der Waals surface area (Å²) in [6, 6.07) is 2.91. The van der Waals surface area contributed by atoms with Gasteiger partial charge >= 0.3 is 5.97 Å². The summed E-state index contributed by atoms with van der Waals surface area (Å²) in [5, 5.41) is 0.896. The Morgan fingerprint density at radius 3 is 2.25 bits per heavy atom. The van der Waals surface area contributed by atoms with Crippen molar-refractivity contribution in [3.8, 4) is 5.75 Å². The number of benzene rings is 1. The van der Waals surface area contributed by atoms with E-state index in [1.165, 1.54) is 12.1 Å². The molecule has 0 fully saturated rings. The highest BCUT2D eigenvalue weighted by Gasteiger charge is 2.34. The van der Waals surface area contributed by atoms with Gasteiger partial charge in [0.05, 0.1) is 20.9 Å². The Bertz CT molecular complexity index is 491. The maximum atomic E-state index is 11.4. The van der Waals surface area contributed by atoms with Gasteiger partial charge in [-0.3, -0.25) is 0 Å². The van der Waals surface area contributed by atoms with Gasteiger partial charge < -0.3 is 9.47 Å². The van der Waals surface area contributed by atoms with Crippen LogP contribution in [0, 0.1) is 0 Å². The highest BCUT2D eigenvalue weighted by atomic mass is 35.5. The second kappa shape index (κ2) is 8.02. The fraction of sp³-hybridized carbons (Fsp3) is 0.364. The molecule has 0 unspecified atom stereocenters. The second-order valence-corrected chi connectivity index (χ2v) is 6.49. The van der Waals surface area contributed by atoms with Gasteiger partial charge in [-0.25, -0.2) is 4.79 Å². The molecule has 0 radical (unpaired) electrons. The number of hydrogen-bond acceptors (Lipinski definition) is 3. The third-order valence-electron chi connectivity index (χ3n) is 2.02. The molecule has 1 aromatic rings. The fourth-order valence-corrected chi connectivity index (χ4v) is 1.87. The van der Waals surface area contributed by atoms with E-state index in [-0.39, 0.29) is 24.1 Å². The molecule has 0 atom stereocenters. The normalized spacial score (nSPS) is 11.3. The van der Waals surface area contributed by atoms with E-state index in [0.29, 0.717) is 15.8 Å². The van der Waals surface area contributed by atoms with Crippen molar-refractivity contribution in [3.05, 3.63) is 27.2 Å². The number of halogens is 6. The molecule has 0 heterocycles. The minimum absolute atomic E-state index is 0.0373. The quantitative estimate of drug-likeness (QED) is 0.292. The number of carbonyl (C=O) groups excluding carboxylic acids is 1. The smallest absolute Gasteiger partial charge is 0.344 e. The third kappa shape index (κ3) is 5.21. The highest BCUT2D eigenvalue weighted by Crippen LogP contribution is 2.33. The van der Waals surface area contributed by atoms with Crippen LogP contribution in [0.1, 0.15) is 0 Å². The van der Waals surface area contributed by atoms with E-state index in [2.05, 4.69) is 0 Å². The molecule has 0 bridgehead atoms. The average molecular weight is 401 g/mol. The second-order valence-electron chi connectivity index (χ2n) is 3.52. The van der Waals surface area contributed by atoms with Crippen LogP contribution in [-0.4, -0.2) is 29.4 Å². The lowest BCUT2D eigenvalue weighted by molar-refractivity contribution is -0.144. The number of rotatable bonds is 6. The van der Waals surface area contributed by atoms with E-state index in [9.17, 15) is 4.79 Å². The Morgan fingerprint density at radius 1 is 1.05 bits per heavy atom. The first-order valence-electron chi connectivity index (χ1n) is 5.16. The summed E-state index contributed by atoms with van der Waals surface area (Å²) in [6.07, 6.45) is 0. The van der Waals surface area contributed by atoms with Gasteiger partial charge in [-0.2, -0.15) is 0 Å². The van der Waals surface area contributed by atoms with Crippen molar-refractivity contribution in [1.82, 2.24) is 0 Å². The molecule has 1 rings (SSSR count). The first-order chi connectivity index (χ1) is 9.27. The molecule has 0 N–H and O–H groups in total. The molecule has 20 heavy (non-hydrogen) atoms. The molecule has 0 aliphatic carbocycles. The Balaban J connectivity index is 2.46. The van der Waals surface area contributed by atoms with Crippen LogP contribution in [0.4, 0.5) is 0 Å². The molecule has 1 aromatic carbocycles. The summed E-state index contributed by atoms with van der Waals surface area (Å²) in [6.45, 7) is -0.0386. The lowest BCUT2D eigenvalue weighted by Gasteiger charge is -2.15. The molecule has 0 spiro atoms. The van der Waals surface area contributed by atoms with Gasteiger partial charge in [0.15, 0.2) is 0 Å². The Morgan fingerprint density at radius 2 is 1.65 bits per heavy atom. The average Bonchev–Trinajstić information content (AvgIpc) is 2.39. The summed E-state index contributed by atoms with van der Waals surface area (Å²) in [5.41, 5.74) is 0. The van der Waals surface area contributed by atoms with Crippen molar-refractivity contribution < 1.29 is 14.3 Å².